The first-order valence-electron chi connectivity index (χ1n) is 8.29. The second-order valence-corrected chi connectivity index (χ2v) is 7.11. The molecule has 2 N–H and O–H groups in total. The van der Waals surface area contributed by atoms with Crippen molar-refractivity contribution < 1.29 is 24.3 Å². The van der Waals surface area contributed by atoms with Crippen molar-refractivity contribution >= 4 is 46.5 Å². The number of thioether (sulfide) groups is 1. The van der Waals surface area contributed by atoms with Crippen LogP contribution in [0.2, 0.25) is 0 Å². The first-order valence-corrected chi connectivity index (χ1v) is 9.10. The third-order valence-electron chi connectivity index (χ3n) is 3.94. The second kappa shape index (κ2) is 8.10. The average molecular weight is 396 g/mol. The summed E-state index contributed by atoms with van der Waals surface area (Å²) in [6, 6.07) is 13.2. The van der Waals surface area contributed by atoms with Gasteiger partial charge in [-0.25, -0.2) is 4.79 Å². The van der Waals surface area contributed by atoms with Gasteiger partial charge >= 0.3 is 5.97 Å². The number of carboxylic acid groups (broad SMARTS) is 1. The first kappa shape index (κ1) is 19.4. The van der Waals surface area contributed by atoms with Gasteiger partial charge in [0.1, 0.15) is 6.54 Å². The lowest BCUT2D eigenvalue weighted by Gasteiger charge is -2.12. The van der Waals surface area contributed by atoms with Gasteiger partial charge in [-0.15, -0.1) is 0 Å². The number of carboxylic acids is 1. The fourth-order valence-electron chi connectivity index (χ4n) is 2.52. The third-order valence-corrected chi connectivity index (χ3v) is 4.85. The summed E-state index contributed by atoms with van der Waals surface area (Å²) in [6.45, 7) is 1.50. The topological polar surface area (TPSA) is 104 Å². The normalized spacial score (nSPS) is 15.2. The van der Waals surface area contributed by atoms with Gasteiger partial charge in [0.2, 0.25) is 5.91 Å². The lowest BCUT2D eigenvalue weighted by molar-refractivity contribution is -0.127. The van der Waals surface area contributed by atoms with Crippen LogP contribution in [0.15, 0.2) is 53.4 Å². The van der Waals surface area contributed by atoms with Crippen molar-refractivity contribution in [2.75, 3.05) is 11.9 Å². The SMILES string of the molecule is Cc1ccc(/C=C2\SC(=O)N(CC(=O)Nc3cccc(C(=O)O)c3)C2=O)cc1. The highest BCUT2D eigenvalue weighted by Crippen LogP contribution is 2.32. The number of aryl methyl sites for hydroxylation is 1. The summed E-state index contributed by atoms with van der Waals surface area (Å²) >= 11 is 0.776. The van der Waals surface area contributed by atoms with Gasteiger partial charge in [-0.3, -0.25) is 19.3 Å². The predicted molar refractivity (Wildman–Crippen MR) is 106 cm³/mol. The Bertz CT molecular complexity index is 998. The molecule has 2 aromatic rings. The average Bonchev–Trinajstić information content (AvgIpc) is 2.91. The van der Waals surface area contributed by atoms with Gasteiger partial charge in [0.25, 0.3) is 11.1 Å². The molecule has 0 aliphatic carbocycles. The number of benzene rings is 2. The van der Waals surface area contributed by atoms with Crippen molar-refractivity contribution in [3.05, 3.63) is 70.1 Å². The van der Waals surface area contributed by atoms with E-state index in [9.17, 15) is 19.2 Å². The minimum atomic E-state index is -1.12. The van der Waals surface area contributed by atoms with E-state index in [0.717, 1.165) is 27.8 Å². The number of imide groups is 1. The summed E-state index contributed by atoms with van der Waals surface area (Å²) in [6.07, 6.45) is 1.61. The Balaban J connectivity index is 1.68. The van der Waals surface area contributed by atoms with Crippen molar-refractivity contribution in [3.63, 3.8) is 0 Å². The van der Waals surface area contributed by atoms with Crippen molar-refractivity contribution in [2.45, 2.75) is 6.92 Å². The van der Waals surface area contributed by atoms with E-state index in [0.29, 0.717) is 0 Å². The summed E-state index contributed by atoms with van der Waals surface area (Å²) < 4.78 is 0. The zero-order valence-electron chi connectivity index (χ0n) is 14.8. The Labute approximate surface area is 165 Å². The maximum absolute atomic E-state index is 12.5. The van der Waals surface area contributed by atoms with E-state index >= 15 is 0 Å². The van der Waals surface area contributed by atoms with Crippen LogP contribution in [0.3, 0.4) is 0 Å². The lowest BCUT2D eigenvalue weighted by Crippen LogP contribution is -2.36. The zero-order valence-corrected chi connectivity index (χ0v) is 15.7. The van der Waals surface area contributed by atoms with E-state index in [1.165, 1.54) is 24.3 Å². The third kappa shape index (κ3) is 4.47. The van der Waals surface area contributed by atoms with Crippen LogP contribution >= 0.6 is 11.8 Å². The minimum Gasteiger partial charge on any atom is -0.478 e. The van der Waals surface area contributed by atoms with E-state index in [4.69, 9.17) is 5.11 Å². The number of hydrogen-bond acceptors (Lipinski definition) is 5. The van der Waals surface area contributed by atoms with Crippen LogP contribution in [0.1, 0.15) is 21.5 Å². The summed E-state index contributed by atoms with van der Waals surface area (Å²) in [5.41, 5.74) is 2.15. The van der Waals surface area contributed by atoms with Crippen LogP contribution in [-0.2, 0) is 9.59 Å². The van der Waals surface area contributed by atoms with Gasteiger partial charge in [0.15, 0.2) is 0 Å². The molecule has 0 radical (unpaired) electrons. The fourth-order valence-corrected chi connectivity index (χ4v) is 3.36. The van der Waals surface area contributed by atoms with Gasteiger partial charge in [-0.2, -0.15) is 0 Å². The number of carbonyl (C=O) groups excluding carboxylic acids is 3. The zero-order chi connectivity index (χ0) is 20.3. The van der Waals surface area contributed by atoms with E-state index in [-0.39, 0.29) is 16.2 Å². The highest BCUT2D eigenvalue weighted by molar-refractivity contribution is 8.18. The van der Waals surface area contributed by atoms with E-state index in [1.54, 1.807) is 6.08 Å². The molecule has 142 valence electrons. The van der Waals surface area contributed by atoms with Gasteiger partial charge < -0.3 is 10.4 Å². The molecule has 0 saturated carbocycles. The molecular formula is C20H16N2O5S. The predicted octanol–water partition coefficient (Wildman–Crippen LogP) is 3.37. The molecular weight excluding hydrogens is 380 g/mol. The molecule has 1 fully saturated rings. The smallest absolute Gasteiger partial charge is 0.335 e. The summed E-state index contributed by atoms with van der Waals surface area (Å²) in [5.74, 6) is -2.25. The van der Waals surface area contributed by atoms with Crippen molar-refractivity contribution in [3.8, 4) is 0 Å². The molecule has 1 saturated heterocycles. The van der Waals surface area contributed by atoms with Crippen LogP contribution in [0, 0.1) is 6.92 Å². The van der Waals surface area contributed by atoms with Gasteiger partial charge in [-0.05, 0) is 48.5 Å². The quantitative estimate of drug-likeness (QED) is 0.751. The summed E-state index contributed by atoms with van der Waals surface area (Å²) in [7, 11) is 0. The van der Waals surface area contributed by atoms with Crippen molar-refractivity contribution in [1.82, 2.24) is 4.90 Å². The van der Waals surface area contributed by atoms with E-state index in [2.05, 4.69) is 5.32 Å². The molecule has 0 bridgehead atoms. The molecule has 7 nitrogen and oxygen atoms in total. The van der Waals surface area contributed by atoms with Gasteiger partial charge in [0, 0.05) is 5.69 Å². The Morgan fingerprint density at radius 1 is 1.14 bits per heavy atom. The molecule has 1 aliphatic heterocycles. The first-order chi connectivity index (χ1) is 13.3. The largest absolute Gasteiger partial charge is 0.478 e. The molecule has 0 aromatic heterocycles. The van der Waals surface area contributed by atoms with Crippen LogP contribution in [0.25, 0.3) is 6.08 Å². The summed E-state index contributed by atoms with van der Waals surface area (Å²) in [4.78, 5) is 48.9. The molecule has 1 aliphatic rings. The molecule has 3 amide bonds. The second-order valence-electron chi connectivity index (χ2n) is 6.11. The number of aromatic carboxylic acids is 1. The molecule has 8 heteroatoms. The van der Waals surface area contributed by atoms with Crippen molar-refractivity contribution in [1.29, 1.82) is 0 Å². The highest BCUT2D eigenvalue weighted by Gasteiger charge is 2.36. The monoisotopic (exact) mass is 396 g/mol. The fraction of sp³-hybridized carbons (Fsp3) is 0.100. The molecule has 0 atom stereocenters. The number of anilines is 1. The highest BCUT2D eigenvalue weighted by atomic mass is 32.2. The van der Waals surface area contributed by atoms with Crippen molar-refractivity contribution in [2.24, 2.45) is 0 Å². The molecule has 0 unspecified atom stereocenters. The molecule has 1 heterocycles. The number of nitrogens with one attached hydrogen (secondary N) is 1. The van der Waals surface area contributed by atoms with Crippen LogP contribution in [-0.4, -0.2) is 39.6 Å². The van der Waals surface area contributed by atoms with Gasteiger partial charge in [-0.1, -0.05) is 35.9 Å². The van der Waals surface area contributed by atoms with Gasteiger partial charge in [0.05, 0.1) is 10.5 Å². The van der Waals surface area contributed by atoms with E-state index in [1.807, 2.05) is 31.2 Å². The van der Waals surface area contributed by atoms with Crippen LogP contribution < -0.4 is 5.32 Å². The lowest BCUT2D eigenvalue weighted by atomic mass is 10.1. The molecule has 0 spiro atoms. The Morgan fingerprint density at radius 2 is 1.86 bits per heavy atom. The molecule has 28 heavy (non-hydrogen) atoms. The Hall–Kier alpha value is -3.39. The number of amides is 3. The van der Waals surface area contributed by atoms with Crippen LogP contribution in [0.4, 0.5) is 10.5 Å². The Morgan fingerprint density at radius 3 is 2.54 bits per heavy atom. The maximum Gasteiger partial charge on any atom is 0.335 e. The van der Waals surface area contributed by atoms with Crippen LogP contribution in [0.5, 0.6) is 0 Å². The number of nitrogens with zero attached hydrogens (tertiary/aromatic N) is 1. The number of hydrogen-bond donors (Lipinski definition) is 2. The van der Waals surface area contributed by atoms with E-state index < -0.39 is 29.6 Å². The standard InChI is InChI=1S/C20H16N2O5S/c1-12-5-7-13(8-6-12)9-16-18(24)22(20(27)28-16)11-17(23)21-15-4-2-3-14(10-15)19(25)26/h2-10H,11H2,1H3,(H,21,23)(H,25,26)/b16-9-. The summed E-state index contributed by atoms with van der Waals surface area (Å²) in [5, 5.41) is 11.0. The molecule has 2 aromatic carbocycles. The maximum atomic E-state index is 12.5. The number of rotatable bonds is 5. The minimum absolute atomic E-state index is 0.0185. The number of carbonyl (C=O) groups is 4. The molecule has 3 rings (SSSR count). The Kier molecular flexibility index (Phi) is 5.60.